The van der Waals surface area contributed by atoms with E-state index >= 15 is 0 Å². The lowest BCUT2D eigenvalue weighted by Crippen LogP contribution is -2.32. The number of rotatable bonds is 3. The number of alkyl halides is 3. The van der Waals surface area contributed by atoms with Gasteiger partial charge in [-0.2, -0.15) is 13.2 Å². The van der Waals surface area contributed by atoms with Gasteiger partial charge in [0.25, 0.3) is 0 Å². The van der Waals surface area contributed by atoms with Crippen molar-refractivity contribution in [2.75, 3.05) is 0 Å². The normalized spacial score (nSPS) is 20.5. The van der Waals surface area contributed by atoms with E-state index < -0.39 is 34.9 Å². The first-order valence-corrected chi connectivity index (χ1v) is 4.15. The second-order valence-electron chi connectivity index (χ2n) is 2.89. The van der Waals surface area contributed by atoms with Crippen molar-refractivity contribution in [1.29, 1.82) is 0 Å². The average Bonchev–Trinajstić information content (AvgIpc) is 2.14. The molecule has 0 bridgehead atoms. The van der Waals surface area contributed by atoms with Gasteiger partial charge in [0.05, 0.1) is 0 Å². The van der Waals surface area contributed by atoms with Gasteiger partial charge in [-0.05, 0) is 12.2 Å². The maximum atomic E-state index is 11.7. The molecule has 17 heavy (non-hydrogen) atoms. The third kappa shape index (κ3) is 3.70. The molecule has 6 nitrogen and oxygen atoms in total. The summed E-state index contributed by atoms with van der Waals surface area (Å²) in [7, 11) is 0. The van der Waals surface area contributed by atoms with E-state index in [2.05, 4.69) is 9.99 Å². The first kappa shape index (κ1) is 12.9. The van der Waals surface area contributed by atoms with Crippen molar-refractivity contribution in [3.63, 3.8) is 0 Å². The minimum atomic E-state index is -4.70. The van der Waals surface area contributed by atoms with Crippen molar-refractivity contribution in [2.45, 2.75) is 12.2 Å². The van der Waals surface area contributed by atoms with Gasteiger partial charge >= 0.3 is 12.2 Å². The van der Waals surface area contributed by atoms with Crippen LogP contribution >= 0.6 is 0 Å². The van der Waals surface area contributed by atoms with Gasteiger partial charge in [0.15, 0.2) is 0 Å². The third-order valence-corrected chi connectivity index (χ3v) is 1.63. The highest BCUT2D eigenvalue weighted by Crippen LogP contribution is 2.16. The van der Waals surface area contributed by atoms with Crippen molar-refractivity contribution in [3.8, 4) is 0 Å². The van der Waals surface area contributed by atoms with Gasteiger partial charge in [-0.1, -0.05) is 11.2 Å². The lowest BCUT2D eigenvalue weighted by atomic mass is 10.1. The van der Waals surface area contributed by atoms with Gasteiger partial charge in [0.1, 0.15) is 6.21 Å². The molecule has 0 radical (unpaired) electrons. The Bertz CT molecular complexity index is 425. The Labute approximate surface area is 92.2 Å². The Kier molecular flexibility index (Phi) is 3.61. The average molecular weight is 250 g/mol. The Morgan fingerprint density at radius 2 is 2.18 bits per heavy atom. The highest BCUT2D eigenvalue weighted by Gasteiger charge is 2.36. The number of carbonyl (C=O) groups is 1. The lowest BCUT2D eigenvalue weighted by Gasteiger charge is -2.10. The van der Waals surface area contributed by atoms with Crippen LogP contribution in [0.1, 0.15) is 0 Å². The van der Waals surface area contributed by atoms with Crippen molar-refractivity contribution in [1.82, 2.24) is 0 Å². The van der Waals surface area contributed by atoms with Gasteiger partial charge in [-0.15, -0.1) is 0 Å². The standard InChI is InChI=1S/C8H5F3N2O4/c9-8(10,11)4-12-17-6-3-1-2-5(14)7(6)13(15)16/h1-4,7H. The molecule has 0 amide bonds. The Morgan fingerprint density at radius 1 is 1.53 bits per heavy atom. The smallest absolute Gasteiger partial charge is 0.354 e. The summed E-state index contributed by atoms with van der Waals surface area (Å²) < 4.78 is 35.0. The number of hydrogen-bond acceptors (Lipinski definition) is 5. The number of hydrogen-bond donors (Lipinski definition) is 0. The van der Waals surface area contributed by atoms with Crippen LogP contribution in [0.2, 0.25) is 0 Å². The molecule has 0 fully saturated rings. The second kappa shape index (κ2) is 4.76. The molecule has 0 aromatic rings. The summed E-state index contributed by atoms with van der Waals surface area (Å²) in [5.74, 6) is -1.46. The molecule has 0 saturated heterocycles. The number of halogens is 3. The number of nitrogens with zero attached hydrogens (tertiary/aromatic N) is 2. The zero-order valence-corrected chi connectivity index (χ0v) is 8.05. The highest BCUT2D eigenvalue weighted by atomic mass is 19.4. The minimum absolute atomic E-state index is 0.479. The molecule has 0 heterocycles. The first-order chi connectivity index (χ1) is 7.81. The molecule has 1 rings (SSSR count). The molecular weight excluding hydrogens is 245 g/mol. The van der Waals surface area contributed by atoms with Gasteiger partial charge in [0, 0.05) is 4.92 Å². The fourth-order valence-corrected chi connectivity index (χ4v) is 0.995. The largest absolute Gasteiger partial charge is 0.429 e. The maximum absolute atomic E-state index is 11.7. The van der Waals surface area contributed by atoms with E-state index in [-0.39, 0.29) is 0 Å². The maximum Gasteiger partial charge on any atom is 0.429 e. The molecule has 0 spiro atoms. The predicted molar refractivity (Wildman–Crippen MR) is 48.6 cm³/mol. The molecule has 1 aliphatic carbocycles. The Hall–Kier alpha value is -2.19. The summed E-state index contributed by atoms with van der Waals surface area (Å²) in [5, 5.41) is 13.0. The predicted octanol–water partition coefficient (Wildman–Crippen LogP) is 1.22. The molecule has 1 aliphatic rings. The SMILES string of the molecule is O=C1C=CC=C(ON=CC(F)(F)F)C1[N+](=O)[O-]. The van der Waals surface area contributed by atoms with Crippen LogP contribution in [0.15, 0.2) is 29.1 Å². The topological polar surface area (TPSA) is 81.8 Å². The molecule has 1 atom stereocenters. The third-order valence-electron chi connectivity index (χ3n) is 1.63. The number of allylic oxidation sites excluding steroid dienone is 2. The van der Waals surface area contributed by atoms with E-state index in [0.29, 0.717) is 0 Å². The Morgan fingerprint density at radius 3 is 2.71 bits per heavy atom. The summed E-state index contributed by atoms with van der Waals surface area (Å²) in [4.78, 5) is 24.8. The fraction of sp³-hybridized carbons (Fsp3) is 0.250. The van der Waals surface area contributed by atoms with Crippen LogP contribution in [-0.2, 0) is 9.63 Å². The molecule has 0 aliphatic heterocycles. The van der Waals surface area contributed by atoms with Crippen LogP contribution in [-0.4, -0.2) is 29.1 Å². The van der Waals surface area contributed by atoms with Gasteiger partial charge in [0.2, 0.25) is 11.5 Å². The van der Waals surface area contributed by atoms with Crippen LogP contribution in [0.3, 0.4) is 0 Å². The first-order valence-electron chi connectivity index (χ1n) is 4.15. The summed E-state index contributed by atoms with van der Waals surface area (Å²) in [6.07, 6.45) is -2.12. The van der Waals surface area contributed by atoms with Gasteiger partial charge < -0.3 is 4.84 Å². The van der Waals surface area contributed by atoms with Crippen LogP contribution in [0.4, 0.5) is 13.2 Å². The van der Waals surface area contributed by atoms with Crippen molar-refractivity contribution in [2.24, 2.45) is 5.16 Å². The second-order valence-corrected chi connectivity index (χ2v) is 2.89. The summed E-state index contributed by atoms with van der Waals surface area (Å²) >= 11 is 0. The quantitative estimate of drug-likeness (QED) is 0.428. The fourth-order valence-electron chi connectivity index (χ4n) is 0.995. The van der Waals surface area contributed by atoms with E-state index in [1.807, 2.05) is 0 Å². The molecular formula is C8H5F3N2O4. The molecule has 0 N–H and O–H groups in total. The number of nitro groups is 1. The van der Waals surface area contributed by atoms with Gasteiger partial charge in [-0.25, -0.2) is 0 Å². The molecule has 0 aromatic heterocycles. The number of ketones is 1. The summed E-state index contributed by atoms with van der Waals surface area (Å²) in [5.41, 5.74) is 0. The van der Waals surface area contributed by atoms with Crippen molar-refractivity contribution < 1.29 is 27.7 Å². The Balaban J connectivity index is 2.78. The van der Waals surface area contributed by atoms with Crippen molar-refractivity contribution in [3.05, 3.63) is 34.1 Å². The minimum Gasteiger partial charge on any atom is -0.354 e. The molecule has 1 unspecified atom stereocenters. The number of oxime groups is 1. The molecule has 92 valence electrons. The zero-order chi connectivity index (χ0) is 13.1. The zero-order valence-electron chi connectivity index (χ0n) is 8.05. The molecule has 9 heteroatoms. The van der Waals surface area contributed by atoms with E-state index in [0.717, 1.165) is 18.2 Å². The van der Waals surface area contributed by atoms with Crippen LogP contribution in [0.25, 0.3) is 0 Å². The van der Waals surface area contributed by atoms with E-state index in [1.165, 1.54) is 0 Å². The van der Waals surface area contributed by atoms with Crippen LogP contribution < -0.4 is 0 Å². The van der Waals surface area contributed by atoms with Gasteiger partial charge in [-0.3, -0.25) is 14.9 Å². The van der Waals surface area contributed by atoms with E-state index in [4.69, 9.17) is 0 Å². The monoisotopic (exact) mass is 250 g/mol. The van der Waals surface area contributed by atoms with E-state index in [1.54, 1.807) is 0 Å². The van der Waals surface area contributed by atoms with Crippen LogP contribution in [0.5, 0.6) is 0 Å². The van der Waals surface area contributed by atoms with Crippen LogP contribution in [0, 0.1) is 10.1 Å². The lowest BCUT2D eigenvalue weighted by molar-refractivity contribution is -0.501. The molecule has 0 saturated carbocycles. The molecule has 0 aromatic carbocycles. The number of carbonyl (C=O) groups excluding carboxylic acids is 1. The summed E-state index contributed by atoms with van der Waals surface area (Å²) in [6, 6.07) is -1.86. The summed E-state index contributed by atoms with van der Waals surface area (Å²) in [6.45, 7) is 0. The van der Waals surface area contributed by atoms with E-state index in [9.17, 15) is 28.1 Å². The van der Waals surface area contributed by atoms with Crippen molar-refractivity contribution >= 4 is 12.0 Å². The highest BCUT2D eigenvalue weighted by molar-refractivity contribution is 5.96.